The molecule has 0 spiro atoms. The Balaban J connectivity index is -0.0000000782. The van der Waals surface area contributed by atoms with Gasteiger partial charge in [0.05, 0.1) is 14.2 Å². The second-order valence-corrected chi connectivity index (χ2v) is 6.23. The first-order valence-corrected chi connectivity index (χ1v) is 8.85. The molecule has 2 aromatic rings. The molecule has 4 nitrogen and oxygen atoms in total. The second kappa shape index (κ2) is 24.8. The number of aryl methyl sites for hydroxylation is 5. The molecule has 0 aromatic heterocycles. The van der Waals surface area contributed by atoms with Crippen molar-refractivity contribution < 1.29 is 85.1 Å². The maximum absolute atomic E-state index is 7.00. The first kappa shape index (κ1) is 44.8. The van der Waals surface area contributed by atoms with E-state index < -0.39 is 0 Å². The maximum Gasteiger partial charge on any atom is 0.124 e. The van der Waals surface area contributed by atoms with E-state index in [1.165, 1.54) is 38.9 Å². The molecule has 2 radical (unpaired) electrons. The van der Waals surface area contributed by atoms with Crippen molar-refractivity contribution in [1.29, 1.82) is 0 Å². The minimum absolute atomic E-state index is 0. The van der Waals surface area contributed by atoms with Crippen LogP contribution in [0.25, 0.3) is 0 Å². The Bertz CT molecular complexity index is 679. The average molecular weight is 586 g/mol. The van der Waals surface area contributed by atoms with Crippen LogP contribution in [-0.2, 0) is 65.4 Å². The van der Waals surface area contributed by atoms with Gasteiger partial charge in [0.2, 0.25) is 0 Å². The summed E-state index contributed by atoms with van der Waals surface area (Å²) in [5.74, 6) is 2.04. The van der Waals surface area contributed by atoms with Crippen molar-refractivity contribution in [2.24, 2.45) is 0 Å². The summed E-state index contributed by atoms with van der Waals surface area (Å²) in [4.78, 5) is 0. The first-order chi connectivity index (χ1) is 12.7. The number of ether oxygens (including phenoxy) is 2. The van der Waals surface area contributed by atoms with Gasteiger partial charge in [0.25, 0.3) is 0 Å². The van der Waals surface area contributed by atoms with E-state index in [4.69, 9.17) is 19.7 Å². The molecule has 0 bridgehead atoms. The Morgan fingerprint density at radius 3 is 1.16 bits per heavy atom. The van der Waals surface area contributed by atoms with E-state index in [-0.39, 0.29) is 80.3 Å². The van der Waals surface area contributed by atoms with Gasteiger partial charge >= 0.3 is 0 Å². The molecular formula is C25H44O4Y2-2. The summed E-state index contributed by atoms with van der Waals surface area (Å²) >= 11 is 0. The molecular weight excluding hydrogens is 542 g/mol. The molecule has 0 amide bonds. The average Bonchev–Trinajstić information content (AvgIpc) is 2.64. The van der Waals surface area contributed by atoms with Gasteiger partial charge < -0.3 is 34.5 Å². The van der Waals surface area contributed by atoms with Crippen molar-refractivity contribution in [3.63, 3.8) is 0 Å². The normalized spacial score (nSPS) is 7.77. The minimum atomic E-state index is 0. The number of hydrogen-bond donors (Lipinski definition) is 2. The van der Waals surface area contributed by atoms with Gasteiger partial charge in [0.1, 0.15) is 11.5 Å². The smallest absolute Gasteiger partial charge is 0.124 e. The van der Waals surface area contributed by atoms with Gasteiger partial charge in [-0.05, 0) is 81.8 Å². The molecule has 0 atom stereocenters. The van der Waals surface area contributed by atoms with Crippen LogP contribution in [0, 0.1) is 63.3 Å². The van der Waals surface area contributed by atoms with Crippen molar-refractivity contribution in [2.75, 3.05) is 28.4 Å². The Hall–Kier alpha value is 0.168. The van der Waals surface area contributed by atoms with Gasteiger partial charge in [-0.1, -0.05) is 23.8 Å². The van der Waals surface area contributed by atoms with Gasteiger partial charge in [-0.3, -0.25) is 0 Å². The van der Waals surface area contributed by atoms with Crippen LogP contribution >= 0.6 is 0 Å². The summed E-state index contributed by atoms with van der Waals surface area (Å²) in [6.45, 7) is 14.7. The molecule has 0 aliphatic carbocycles. The SMILES string of the molecule is CO.CO.COc1c(C)cc(C)c(C)c1C.COc1c(C)cc(C)cc1C.[CH3-].[CH3-].[Y].[Y]. The topological polar surface area (TPSA) is 58.9 Å². The van der Waals surface area contributed by atoms with Crippen LogP contribution in [0.4, 0.5) is 0 Å². The van der Waals surface area contributed by atoms with Crippen molar-refractivity contribution in [1.82, 2.24) is 0 Å². The Morgan fingerprint density at radius 1 is 0.516 bits per heavy atom. The third-order valence-corrected chi connectivity index (χ3v) is 4.30. The molecule has 6 heteroatoms. The Kier molecular flexibility index (Phi) is 35.8. The molecule has 0 saturated heterocycles. The van der Waals surface area contributed by atoms with E-state index in [0.29, 0.717) is 0 Å². The summed E-state index contributed by atoms with van der Waals surface area (Å²) in [5, 5.41) is 14.0. The zero-order valence-electron chi connectivity index (χ0n) is 22.1. The van der Waals surface area contributed by atoms with E-state index in [9.17, 15) is 0 Å². The fraction of sp³-hybridized carbons (Fsp3) is 0.440. The quantitative estimate of drug-likeness (QED) is 0.446. The van der Waals surface area contributed by atoms with Crippen LogP contribution in [-0.4, -0.2) is 38.7 Å². The predicted molar refractivity (Wildman–Crippen MR) is 128 cm³/mol. The van der Waals surface area contributed by atoms with Crippen LogP contribution in [0.15, 0.2) is 18.2 Å². The van der Waals surface area contributed by atoms with Crippen LogP contribution in [0.2, 0.25) is 0 Å². The third-order valence-electron chi connectivity index (χ3n) is 4.30. The summed E-state index contributed by atoms with van der Waals surface area (Å²) in [7, 11) is 5.44. The largest absolute Gasteiger partial charge is 0.496 e. The number of aliphatic hydroxyl groups is 2. The molecule has 0 fully saturated rings. The molecule has 2 N–H and O–H groups in total. The summed E-state index contributed by atoms with van der Waals surface area (Å²) in [5.41, 5.74) is 8.87. The van der Waals surface area contributed by atoms with Gasteiger partial charge in [-0.15, -0.1) is 0 Å². The van der Waals surface area contributed by atoms with Gasteiger partial charge in [0.15, 0.2) is 0 Å². The maximum atomic E-state index is 7.00. The fourth-order valence-electron chi connectivity index (χ4n) is 3.06. The fourth-order valence-corrected chi connectivity index (χ4v) is 3.06. The Labute approximate surface area is 243 Å². The molecule has 176 valence electrons. The van der Waals surface area contributed by atoms with Crippen molar-refractivity contribution in [3.8, 4) is 11.5 Å². The zero-order chi connectivity index (χ0) is 21.7. The van der Waals surface area contributed by atoms with Crippen LogP contribution < -0.4 is 9.47 Å². The van der Waals surface area contributed by atoms with E-state index in [2.05, 4.69) is 66.7 Å². The van der Waals surface area contributed by atoms with E-state index in [0.717, 1.165) is 25.7 Å². The van der Waals surface area contributed by atoms with Crippen molar-refractivity contribution in [3.05, 3.63) is 72.0 Å². The van der Waals surface area contributed by atoms with E-state index in [1.807, 2.05) is 0 Å². The molecule has 0 unspecified atom stereocenters. The number of aliphatic hydroxyl groups excluding tert-OH is 2. The number of hydrogen-bond acceptors (Lipinski definition) is 4. The Morgan fingerprint density at radius 2 is 0.839 bits per heavy atom. The summed E-state index contributed by atoms with van der Waals surface area (Å²) in [6, 6.07) is 6.43. The summed E-state index contributed by atoms with van der Waals surface area (Å²) in [6.07, 6.45) is 0. The number of rotatable bonds is 2. The third kappa shape index (κ3) is 14.8. The zero-order valence-corrected chi connectivity index (χ0v) is 27.8. The molecule has 31 heavy (non-hydrogen) atoms. The van der Waals surface area contributed by atoms with E-state index in [1.54, 1.807) is 14.2 Å². The number of benzene rings is 2. The molecule has 0 aliphatic rings. The minimum Gasteiger partial charge on any atom is -0.496 e. The molecule has 0 aliphatic heterocycles. The summed E-state index contributed by atoms with van der Waals surface area (Å²) < 4.78 is 10.5. The molecule has 0 heterocycles. The molecule has 0 saturated carbocycles. The van der Waals surface area contributed by atoms with Crippen LogP contribution in [0.5, 0.6) is 11.5 Å². The monoisotopic (exact) mass is 586 g/mol. The molecule has 2 aromatic carbocycles. The van der Waals surface area contributed by atoms with Gasteiger partial charge in [-0.25, -0.2) is 0 Å². The number of methoxy groups -OCH3 is 2. The van der Waals surface area contributed by atoms with E-state index >= 15 is 0 Å². The van der Waals surface area contributed by atoms with Crippen LogP contribution in [0.3, 0.4) is 0 Å². The first-order valence-electron chi connectivity index (χ1n) is 8.85. The van der Waals surface area contributed by atoms with Crippen molar-refractivity contribution in [2.45, 2.75) is 48.5 Å². The predicted octanol–water partition coefficient (Wildman–Crippen LogP) is 5.66. The second-order valence-electron chi connectivity index (χ2n) is 6.23. The van der Waals surface area contributed by atoms with Crippen molar-refractivity contribution >= 4 is 0 Å². The molecule has 2 rings (SSSR count). The van der Waals surface area contributed by atoms with Gasteiger partial charge in [0, 0.05) is 79.6 Å². The van der Waals surface area contributed by atoms with Gasteiger partial charge in [-0.2, -0.15) is 0 Å². The van der Waals surface area contributed by atoms with Crippen LogP contribution in [0.1, 0.15) is 38.9 Å². The standard InChI is InChI=1S/C11H16O.C10H14O.2CH4O.2CH3.2Y/c1-7-6-8(2)11(12-5)10(4)9(7)3;1-7-5-8(2)10(11-4)9(3)6-7;2*1-2;;;;/h6H,1-5H3;5-6H,1-4H3;2*2H,1H3;2*1H3;;/q;;;;2*-1;;.